The molecule has 0 aliphatic carbocycles. The van der Waals surface area contributed by atoms with Gasteiger partial charge in [0.25, 0.3) is 0 Å². The Morgan fingerprint density at radius 2 is 0.816 bits per heavy atom. The maximum Gasteiger partial charge on any atom is 0.190 e. The van der Waals surface area contributed by atoms with Crippen LogP contribution in [0.3, 0.4) is 0 Å². The van der Waals surface area contributed by atoms with Gasteiger partial charge in [0.1, 0.15) is 28.7 Å². The summed E-state index contributed by atoms with van der Waals surface area (Å²) in [6.45, 7) is 3.43. The largest absolute Gasteiger partial charge is 0.871 e. The van der Waals surface area contributed by atoms with E-state index in [1.165, 1.54) is 12.1 Å². The average Bonchev–Trinajstić information content (AvgIpc) is 2.82. The van der Waals surface area contributed by atoms with Crippen LogP contribution in [0.4, 0.5) is 0 Å². The highest BCUT2D eigenvalue weighted by Crippen LogP contribution is 2.59. The normalized spacial score (nSPS) is 12.8. The molecule has 8 nitrogen and oxygen atoms in total. The summed E-state index contributed by atoms with van der Waals surface area (Å²) in [7, 11) is 0. The van der Waals surface area contributed by atoms with E-state index in [-0.39, 0.29) is 43.1 Å². The molecule has 0 amide bonds. The van der Waals surface area contributed by atoms with Crippen molar-refractivity contribution in [3.8, 4) is 34.5 Å². The quantitative estimate of drug-likeness (QED) is 0.150. The van der Waals surface area contributed by atoms with Gasteiger partial charge in [0.05, 0.1) is 10.8 Å². The van der Waals surface area contributed by atoms with E-state index >= 15 is 0 Å². The van der Waals surface area contributed by atoms with Crippen LogP contribution < -0.4 is 16.0 Å². The van der Waals surface area contributed by atoms with Crippen molar-refractivity contribution in [1.29, 1.82) is 0 Å². The zero-order valence-corrected chi connectivity index (χ0v) is 19.8. The van der Waals surface area contributed by atoms with Crippen LogP contribution in [0.15, 0.2) is 33.9 Å². The molecule has 0 radical (unpaired) electrons. The molecule has 0 aliphatic heterocycles. The van der Waals surface area contributed by atoms with Gasteiger partial charge in [0.15, 0.2) is 10.9 Å². The highest BCUT2D eigenvalue weighted by Gasteiger charge is 2.32. The maximum absolute atomic E-state index is 13.9. The lowest BCUT2D eigenvalue weighted by Crippen LogP contribution is -2.10. The monoisotopic (exact) mass is 503 g/mol. The van der Waals surface area contributed by atoms with Crippen molar-refractivity contribution in [1.82, 2.24) is 0 Å². The van der Waals surface area contributed by atoms with Gasteiger partial charge in [-0.2, -0.15) is 0 Å². The second kappa shape index (κ2) is 6.00. The summed E-state index contributed by atoms with van der Waals surface area (Å²) in [5.74, 6) is -3.14. The molecular formula is C30H15O8-. The lowest BCUT2D eigenvalue weighted by molar-refractivity contribution is -0.263. The fourth-order valence-corrected chi connectivity index (χ4v) is 6.96. The zero-order chi connectivity index (χ0) is 26.7. The van der Waals surface area contributed by atoms with E-state index in [0.717, 1.165) is 12.1 Å². The number of aromatic hydroxyl groups is 5. The highest BCUT2D eigenvalue weighted by molar-refractivity contribution is 6.51. The van der Waals surface area contributed by atoms with Crippen molar-refractivity contribution < 1.29 is 30.6 Å². The van der Waals surface area contributed by atoms with E-state index in [2.05, 4.69) is 0 Å². The van der Waals surface area contributed by atoms with Gasteiger partial charge >= 0.3 is 0 Å². The summed E-state index contributed by atoms with van der Waals surface area (Å²) >= 11 is 0. The van der Waals surface area contributed by atoms with Crippen molar-refractivity contribution in [2.45, 2.75) is 13.8 Å². The number of hydrogen-bond donors (Lipinski definition) is 5. The third kappa shape index (κ3) is 1.93. The summed E-state index contributed by atoms with van der Waals surface area (Å²) in [5, 5.41) is 71.3. The first-order valence-electron chi connectivity index (χ1n) is 11.8. The Morgan fingerprint density at radius 3 is 1.37 bits per heavy atom. The first-order valence-corrected chi connectivity index (χ1v) is 11.8. The summed E-state index contributed by atoms with van der Waals surface area (Å²) in [6, 6.07) is 4.66. The highest BCUT2D eigenvalue weighted by atomic mass is 16.3. The standard InChI is InChI=1S/C30H16O8/c1-7-3-9(31)19-23-15(7)16-8(2)4-10(32)20-24(16)28-26-18(12(34)6-14(36)22(26)30(20)38)17-11(33)5-13(35)21(29(19)37)25(17)27(23)28/h3-6,33-38H,1-2H3/p-1. The zero-order valence-electron chi connectivity index (χ0n) is 19.8. The Labute approximate surface area is 210 Å². The van der Waals surface area contributed by atoms with Gasteiger partial charge in [0, 0.05) is 66.0 Å². The van der Waals surface area contributed by atoms with Gasteiger partial charge in [0.2, 0.25) is 0 Å². The molecule has 0 spiro atoms. The molecule has 8 rings (SSSR count). The van der Waals surface area contributed by atoms with Crippen molar-refractivity contribution in [3.63, 3.8) is 0 Å². The lowest BCUT2D eigenvalue weighted by atomic mass is 9.78. The molecule has 8 heteroatoms. The van der Waals surface area contributed by atoms with Gasteiger partial charge in [-0.15, -0.1) is 0 Å². The first-order chi connectivity index (χ1) is 18.0. The molecule has 0 heterocycles. The maximum atomic E-state index is 13.9. The first kappa shape index (κ1) is 20.9. The molecule has 8 aromatic rings. The fraction of sp³-hybridized carbons (Fsp3) is 0.0667. The van der Waals surface area contributed by atoms with E-state index in [1.807, 2.05) is 0 Å². The van der Waals surface area contributed by atoms with Gasteiger partial charge in [-0.05, 0) is 47.9 Å². The van der Waals surface area contributed by atoms with Crippen LogP contribution in [-0.4, -0.2) is 25.5 Å². The molecule has 0 aromatic heterocycles. The minimum absolute atomic E-state index is 0.0129. The van der Waals surface area contributed by atoms with Crippen molar-refractivity contribution >= 4 is 75.4 Å². The van der Waals surface area contributed by atoms with E-state index in [4.69, 9.17) is 0 Å². The Bertz CT molecular complexity index is 2340. The molecule has 8 aromatic carbocycles. The fourth-order valence-electron chi connectivity index (χ4n) is 6.96. The van der Waals surface area contributed by atoms with E-state index in [9.17, 15) is 40.2 Å². The molecule has 0 atom stereocenters. The predicted molar refractivity (Wildman–Crippen MR) is 144 cm³/mol. The summed E-state index contributed by atoms with van der Waals surface area (Å²) < 4.78 is 0. The van der Waals surface area contributed by atoms with E-state index < -0.39 is 45.4 Å². The molecule has 0 unspecified atom stereocenters. The van der Waals surface area contributed by atoms with Crippen LogP contribution in [0.1, 0.15) is 11.1 Å². The second-order valence-electron chi connectivity index (χ2n) is 10.1. The molecule has 184 valence electrons. The van der Waals surface area contributed by atoms with Crippen LogP contribution in [0.2, 0.25) is 0 Å². The average molecular weight is 503 g/mol. The van der Waals surface area contributed by atoms with Crippen molar-refractivity contribution in [3.05, 3.63) is 55.8 Å². The predicted octanol–water partition coefficient (Wildman–Crippen LogP) is 4.45. The number of benzene rings is 8. The van der Waals surface area contributed by atoms with Gasteiger partial charge in [-0.3, -0.25) is 9.59 Å². The van der Waals surface area contributed by atoms with Crippen LogP contribution in [0, 0.1) is 13.8 Å². The Hall–Kier alpha value is -5.24. The molecule has 0 saturated carbocycles. The van der Waals surface area contributed by atoms with Gasteiger partial charge in [-0.25, -0.2) is 0 Å². The lowest BCUT2D eigenvalue weighted by Gasteiger charge is -2.27. The molecule has 0 bridgehead atoms. The molecule has 0 saturated heterocycles. The minimum atomic E-state index is -0.724. The Balaban J connectivity index is 2.04. The third-order valence-corrected chi connectivity index (χ3v) is 8.23. The molecule has 5 N–H and O–H groups in total. The molecule has 0 aliphatic rings. The number of phenols is 5. The SMILES string of the molecule is Cc1cc(=O)c2c([O-])c3c(O)cc(O)c4c5c(O)cc(O)c6c(O)c7c(=O)cc(C)c8c1c2c(c34)c(c65)c78. The van der Waals surface area contributed by atoms with Crippen LogP contribution in [0.25, 0.3) is 75.4 Å². The number of rotatable bonds is 0. The third-order valence-electron chi connectivity index (χ3n) is 8.23. The number of hydrogen-bond acceptors (Lipinski definition) is 8. The van der Waals surface area contributed by atoms with Gasteiger partial charge in [-0.1, -0.05) is 5.75 Å². The second-order valence-corrected chi connectivity index (χ2v) is 10.1. The molecule has 0 fully saturated rings. The summed E-state index contributed by atoms with van der Waals surface area (Å²) in [4.78, 5) is 26.7. The minimum Gasteiger partial charge on any atom is -0.871 e. The van der Waals surface area contributed by atoms with Crippen LogP contribution >= 0.6 is 0 Å². The smallest absolute Gasteiger partial charge is 0.190 e. The van der Waals surface area contributed by atoms with Crippen molar-refractivity contribution in [2.24, 2.45) is 0 Å². The summed E-state index contributed by atoms with van der Waals surface area (Å²) in [5.41, 5.74) is 0.0521. The molecular weight excluding hydrogens is 488 g/mol. The van der Waals surface area contributed by atoms with Crippen molar-refractivity contribution in [2.75, 3.05) is 0 Å². The van der Waals surface area contributed by atoms with E-state index in [0.29, 0.717) is 43.4 Å². The number of fused-ring (bicyclic) bond motifs is 2. The van der Waals surface area contributed by atoms with E-state index in [1.54, 1.807) is 13.8 Å². The van der Waals surface area contributed by atoms with Crippen LogP contribution in [-0.2, 0) is 0 Å². The topological polar surface area (TPSA) is 158 Å². The Morgan fingerprint density at radius 1 is 0.447 bits per heavy atom. The molecule has 38 heavy (non-hydrogen) atoms. The van der Waals surface area contributed by atoms with Gasteiger partial charge < -0.3 is 30.6 Å². The Kier molecular flexibility index (Phi) is 3.30. The summed E-state index contributed by atoms with van der Waals surface area (Å²) in [6.07, 6.45) is 0. The van der Waals surface area contributed by atoms with Crippen LogP contribution in [0.5, 0.6) is 34.5 Å². The number of phenolic OH excluding ortho intramolecular Hbond substituents is 5. The number of aryl methyl sites for hydroxylation is 2.